The number of hydrogen-bond donors (Lipinski definition) is 1. The van der Waals surface area contributed by atoms with E-state index in [1.165, 1.54) is 4.90 Å². The third-order valence-corrected chi connectivity index (χ3v) is 5.30. The molecule has 1 amide bonds. The summed E-state index contributed by atoms with van der Waals surface area (Å²) in [6.45, 7) is 0.0331. The van der Waals surface area contributed by atoms with Gasteiger partial charge in [-0.25, -0.2) is 19.9 Å². The van der Waals surface area contributed by atoms with E-state index in [0.717, 1.165) is 25.2 Å². The molecule has 0 spiro atoms. The number of amides is 1. The third kappa shape index (κ3) is 3.63. The second-order valence-electron chi connectivity index (χ2n) is 7.56. The van der Waals surface area contributed by atoms with E-state index in [1.807, 2.05) is 0 Å². The van der Waals surface area contributed by atoms with Gasteiger partial charge in [0.1, 0.15) is 5.82 Å². The number of aromatic nitrogens is 4. The minimum Gasteiger partial charge on any atom is -0.369 e. The lowest BCUT2D eigenvalue weighted by molar-refractivity contribution is -0.145. The Kier molecular flexibility index (Phi) is 4.47. The zero-order valence-electron chi connectivity index (χ0n) is 16.0. The topological polar surface area (TPSA) is 92.1 Å². The highest BCUT2D eigenvalue weighted by Crippen LogP contribution is 2.39. The first-order valence-electron chi connectivity index (χ1n) is 9.66. The molecule has 1 aliphatic heterocycles. The number of rotatable bonds is 4. The number of alkyl halides is 3. The molecule has 0 bridgehead atoms. The average Bonchev–Trinajstić information content (AvgIpc) is 3.58. The van der Waals surface area contributed by atoms with Crippen LogP contribution in [-0.2, 0) is 12.7 Å². The Labute approximate surface area is 174 Å². The average molecular weight is 427 g/mol. The van der Waals surface area contributed by atoms with Gasteiger partial charge in [0.25, 0.3) is 5.91 Å². The standard InChI is InChI=1S/C21H16F3N5O2/c22-21(23,24)20-25-8-12(9-26-20)16-7-13(27-17(28-16)11-5-6-11)10-29-18(30)14-3-1-2-4-15(14)19(29)31/h1-4,7-9,11,18,30H,5-6,10H2. The number of aliphatic hydroxyl groups excluding tert-OH is 1. The predicted octanol–water partition coefficient (Wildman–Crippen LogP) is 3.48. The van der Waals surface area contributed by atoms with Crippen LogP contribution in [0.1, 0.15) is 58.3 Å². The van der Waals surface area contributed by atoms with Crippen molar-refractivity contribution in [3.05, 3.63) is 71.2 Å². The molecule has 1 aliphatic carbocycles. The molecule has 3 aromatic rings. The van der Waals surface area contributed by atoms with Gasteiger partial charge in [-0.15, -0.1) is 0 Å². The van der Waals surface area contributed by atoms with Crippen molar-refractivity contribution in [3.63, 3.8) is 0 Å². The number of aliphatic hydroxyl groups is 1. The predicted molar refractivity (Wildman–Crippen MR) is 101 cm³/mol. The molecule has 1 aromatic carbocycles. The monoisotopic (exact) mass is 427 g/mol. The molecule has 1 unspecified atom stereocenters. The summed E-state index contributed by atoms with van der Waals surface area (Å²) in [6, 6.07) is 8.41. The second-order valence-corrected chi connectivity index (χ2v) is 7.56. The van der Waals surface area contributed by atoms with Crippen molar-refractivity contribution in [2.45, 2.75) is 37.7 Å². The molecule has 1 saturated carbocycles. The van der Waals surface area contributed by atoms with Crippen LogP contribution in [0, 0.1) is 0 Å². The SMILES string of the molecule is O=C1c2ccccc2C(O)N1Cc1cc(-c2cnc(C(F)(F)F)nc2)nc(C2CC2)n1. The molecule has 1 N–H and O–H groups in total. The van der Waals surface area contributed by atoms with Crippen LogP contribution >= 0.6 is 0 Å². The number of nitrogens with zero attached hydrogens (tertiary/aromatic N) is 5. The molecule has 3 heterocycles. The zero-order valence-corrected chi connectivity index (χ0v) is 16.0. The normalized spacial score (nSPS) is 18.4. The molecule has 0 radical (unpaired) electrons. The molecule has 0 saturated heterocycles. The largest absolute Gasteiger partial charge is 0.451 e. The fraction of sp³-hybridized carbons (Fsp3) is 0.286. The van der Waals surface area contributed by atoms with Gasteiger partial charge in [-0.3, -0.25) is 4.79 Å². The van der Waals surface area contributed by atoms with Gasteiger partial charge in [-0.1, -0.05) is 18.2 Å². The van der Waals surface area contributed by atoms with Crippen LogP contribution in [-0.4, -0.2) is 35.8 Å². The van der Waals surface area contributed by atoms with Gasteiger partial charge >= 0.3 is 6.18 Å². The molecule has 2 aromatic heterocycles. The fourth-order valence-corrected chi connectivity index (χ4v) is 3.56. The van der Waals surface area contributed by atoms with Gasteiger partial charge in [0.05, 0.1) is 17.9 Å². The van der Waals surface area contributed by atoms with Crippen molar-refractivity contribution in [2.24, 2.45) is 0 Å². The first-order chi connectivity index (χ1) is 14.8. The van der Waals surface area contributed by atoms with Gasteiger partial charge in [0.2, 0.25) is 5.82 Å². The Morgan fingerprint density at radius 2 is 1.81 bits per heavy atom. The van der Waals surface area contributed by atoms with Crippen molar-refractivity contribution in [1.29, 1.82) is 0 Å². The summed E-state index contributed by atoms with van der Waals surface area (Å²) in [6.07, 6.45) is -1.74. The Balaban J connectivity index is 1.48. The maximum absolute atomic E-state index is 12.8. The summed E-state index contributed by atoms with van der Waals surface area (Å²) in [7, 11) is 0. The number of halogens is 3. The quantitative estimate of drug-likeness (QED) is 0.686. The number of fused-ring (bicyclic) bond motifs is 1. The van der Waals surface area contributed by atoms with Crippen molar-refractivity contribution >= 4 is 5.91 Å². The van der Waals surface area contributed by atoms with Gasteiger partial charge in [0.15, 0.2) is 6.23 Å². The highest BCUT2D eigenvalue weighted by Gasteiger charge is 2.36. The lowest BCUT2D eigenvalue weighted by Crippen LogP contribution is -2.28. The summed E-state index contributed by atoms with van der Waals surface area (Å²) < 4.78 is 38.3. The molecule has 1 atom stereocenters. The van der Waals surface area contributed by atoms with E-state index >= 15 is 0 Å². The Hall–Kier alpha value is -3.40. The Bertz CT molecular complexity index is 1160. The molecular formula is C21H16F3N5O2. The van der Waals surface area contributed by atoms with Gasteiger partial charge in [-0.2, -0.15) is 13.2 Å². The van der Waals surface area contributed by atoms with Gasteiger partial charge in [0, 0.05) is 35.0 Å². The first-order valence-corrected chi connectivity index (χ1v) is 9.66. The number of carbonyl (C=O) groups excluding carboxylic acids is 1. The minimum atomic E-state index is -4.63. The van der Waals surface area contributed by atoms with Crippen LogP contribution < -0.4 is 0 Å². The van der Waals surface area contributed by atoms with E-state index in [9.17, 15) is 23.1 Å². The highest BCUT2D eigenvalue weighted by atomic mass is 19.4. The Morgan fingerprint density at radius 1 is 1.10 bits per heavy atom. The van der Waals surface area contributed by atoms with Crippen LogP contribution in [0.5, 0.6) is 0 Å². The van der Waals surface area contributed by atoms with E-state index in [4.69, 9.17) is 0 Å². The van der Waals surface area contributed by atoms with Crippen molar-refractivity contribution in [3.8, 4) is 11.3 Å². The zero-order chi connectivity index (χ0) is 21.8. The number of benzene rings is 1. The minimum absolute atomic E-state index is 0.0331. The third-order valence-electron chi connectivity index (χ3n) is 5.30. The Morgan fingerprint density at radius 3 is 2.45 bits per heavy atom. The van der Waals surface area contributed by atoms with E-state index < -0.39 is 18.2 Å². The summed E-state index contributed by atoms with van der Waals surface area (Å²) in [4.78, 5) is 29.8. The molecular weight excluding hydrogens is 411 g/mol. The molecule has 31 heavy (non-hydrogen) atoms. The number of carbonyl (C=O) groups is 1. The van der Waals surface area contributed by atoms with Crippen LogP contribution in [0.2, 0.25) is 0 Å². The molecule has 10 heteroatoms. The molecule has 1 fully saturated rings. The van der Waals surface area contributed by atoms with Gasteiger partial charge < -0.3 is 10.0 Å². The second kappa shape index (κ2) is 7.09. The number of hydrogen-bond acceptors (Lipinski definition) is 6. The van der Waals surface area contributed by atoms with E-state index in [1.54, 1.807) is 30.3 Å². The van der Waals surface area contributed by atoms with E-state index in [0.29, 0.717) is 33.9 Å². The van der Waals surface area contributed by atoms with Crippen LogP contribution in [0.3, 0.4) is 0 Å². The first kappa shape index (κ1) is 19.6. The summed E-state index contributed by atoms with van der Waals surface area (Å²) >= 11 is 0. The van der Waals surface area contributed by atoms with Crippen LogP contribution in [0.4, 0.5) is 13.2 Å². The van der Waals surface area contributed by atoms with Gasteiger partial charge in [-0.05, 0) is 25.0 Å². The maximum atomic E-state index is 12.8. The smallest absolute Gasteiger partial charge is 0.369 e. The van der Waals surface area contributed by atoms with E-state index in [2.05, 4.69) is 19.9 Å². The van der Waals surface area contributed by atoms with Crippen LogP contribution in [0.15, 0.2) is 42.7 Å². The van der Waals surface area contributed by atoms with Crippen molar-refractivity contribution in [2.75, 3.05) is 0 Å². The maximum Gasteiger partial charge on any atom is 0.451 e. The van der Waals surface area contributed by atoms with Crippen molar-refractivity contribution < 1.29 is 23.1 Å². The molecule has 5 rings (SSSR count). The molecule has 2 aliphatic rings. The molecule has 158 valence electrons. The lowest BCUT2D eigenvalue weighted by atomic mass is 10.1. The molecule has 7 nitrogen and oxygen atoms in total. The van der Waals surface area contributed by atoms with E-state index in [-0.39, 0.29) is 18.4 Å². The summed E-state index contributed by atoms with van der Waals surface area (Å²) in [5.74, 6) is -0.804. The summed E-state index contributed by atoms with van der Waals surface area (Å²) in [5.41, 5.74) is 2.13. The highest BCUT2D eigenvalue weighted by molar-refractivity contribution is 5.98. The fourth-order valence-electron chi connectivity index (χ4n) is 3.56. The van der Waals surface area contributed by atoms with Crippen LogP contribution in [0.25, 0.3) is 11.3 Å². The van der Waals surface area contributed by atoms with Crippen molar-refractivity contribution in [1.82, 2.24) is 24.8 Å². The summed E-state index contributed by atoms with van der Waals surface area (Å²) in [5, 5.41) is 10.6. The lowest BCUT2D eigenvalue weighted by Gasteiger charge is -2.21.